The summed E-state index contributed by atoms with van der Waals surface area (Å²) in [6, 6.07) is 10.9. The zero-order chi connectivity index (χ0) is 20.0. The van der Waals surface area contributed by atoms with Crippen molar-refractivity contribution in [1.29, 1.82) is 0 Å². The average Bonchev–Trinajstić information content (AvgIpc) is 2.66. The molecule has 0 aliphatic rings. The minimum absolute atomic E-state index is 0.138. The van der Waals surface area contributed by atoms with Crippen LogP contribution in [0.1, 0.15) is 17.3 Å². The number of hydrogen-bond donors (Lipinski definition) is 0. The standard InChI is InChI=1S/C18H18N2O6S/c1-3-12-19(15-9-7-8-14(13-15)18(21)26-4-2)27(24,25)17-11-6-5-10-16(17)20(22)23/h3,5-11,13H,1,4,12H2,2H3. The van der Waals surface area contributed by atoms with E-state index in [0.717, 1.165) is 10.4 Å². The Balaban J connectivity index is 2.58. The van der Waals surface area contributed by atoms with Gasteiger partial charge in [-0.1, -0.05) is 24.3 Å². The van der Waals surface area contributed by atoms with Gasteiger partial charge >= 0.3 is 5.97 Å². The Morgan fingerprint density at radius 1 is 1.26 bits per heavy atom. The Morgan fingerprint density at radius 2 is 1.96 bits per heavy atom. The maximum Gasteiger partial charge on any atom is 0.338 e. The van der Waals surface area contributed by atoms with E-state index in [1.54, 1.807) is 6.92 Å². The molecular weight excluding hydrogens is 372 g/mol. The third kappa shape index (κ3) is 4.32. The molecule has 0 atom stereocenters. The first-order chi connectivity index (χ1) is 12.8. The second-order valence-corrected chi connectivity index (χ2v) is 7.15. The molecule has 0 spiro atoms. The van der Waals surface area contributed by atoms with Gasteiger partial charge in [0.2, 0.25) is 0 Å². The van der Waals surface area contributed by atoms with E-state index in [4.69, 9.17) is 4.74 Å². The third-order valence-corrected chi connectivity index (χ3v) is 5.41. The molecule has 0 radical (unpaired) electrons. The van der Waals surface area contributed by atoms with Crippen molar-refractivity contribution in [3.8, 4) is 0 Å². The minimum Gasteiger partial charge on any atom is -0.462 e. The molecule has 0 aliphatic heterocycles. The van der Waals surface area contributed by atoms with Gasteiger partial charge in [0.05, 0.1) is 29.3 Å². The number of sulfonamides is 1. The Labute approximate surface area is 156 Å². The quantitative estimate of drug-likeness (QED) is 0.297. The molecule has 9 heteroatoms. The van der Waals surface area contributed by atoms with Crippen molar-refractivity contribution in [1.82, 2.24) is 0 Å². The summed E-state index contributed by atoms with van der Waals surface area (Å²) in [6.07, 6.45) is 1.35. The lowest BCUT2D eigenvalue weighted by Gasteiger charge is -2.23. The molecule has 8 nitrogen and oxygen atoms in total. The summed E-state index contributed by atoms with van der Waals surface area (Å²) >= 11 is 0. The zero-order valence-electron chi connectivity index (χ0n) is 14.6. The number of rotatable bonds is 8. The number of anilines is 1. The van der Waals surface area contributed by atoms with E-state index < -0.39 is 31.5 Å². The Bertz CT molecular complexity index is 971. The topological polar surface area (TPSA) is 107 Å². The molecular formula is C18H18N2O6S. The SMILES string of the molecule is C=CCN(c1cccc(C(=O)OCC)c1)S(=O)(=O)c1ccccc1[N+](=O)[O-]. The van der Waals surface area contributed by atoms with Crippen LogP contribution in [0, 0.1) is 10.1 Å². The fourth-order valence-electron chi connectivity index (χ4n) is 2.41. The number of carbonyl (C=O) groups is 1. The van der Waals surface area contributed by atoms with E-state index in [2.05, 4.69) is 6.58 Å². The Morgan fingerprint density at radius 3 is 2.59 bits per heavy atom. The van der Waals surface area contributed by atoms with Crippen LogP contribution in [-0.2, 0) is 14.8 Å². The van der Waals surface area contributed by atoms with Crippen LogP contribution in [-0.4, -0.2) is 32.5 Å². The third-order valence-electron chi connectivity index (χ3n) is 3.57. The number of benzene rings is 2. The first kappa shape index (κ1) is 20.1. The molecule has 0 amide bonds. The Hall–Kier alpha value is -3.20. The molecule has 2 rings (SSSR count). The van der Waals surface area contributed by atoms with E-state index in [1.165, 1.54) is 48.5 Å². The number of nitrogens with zero attached hydrogens (tertiary/aromatic N) is 2. The Kier molecular flexibility index (Phi) is 6.30. The van der Waals surface area contributed by atoms with Crippen molar-refractivity contribution >= 4 is 27.4 Å². The van der Waals surface area contributed by atoms with Crippen molar-refractivity contribution < 1.29 is 22.9 Å². The van der Waals surface area contributed by atoms with Crippen molar-refractivity contribution in [2.75, 3.05) is 17.5 Å². The van der Waals surface area contributed by atoms with Crippen LogP contribution in [0.15, 0.2) is 66.1 Å². The fourth-order valence-corrected chi connectivity index (χ4v) is 3.99. The number of carbonyl (C=O) groups excluding carboxylic acids is 1. The molecule has 0 fully saturated rings. The molecule has 0 unspecified atom stereocenters. The molecule has 0 saturated carbocycles. The minimum atomic E-state index is -4.28. The smallest absolute Gasteiger partial charge is 0.338 e. The highest BCUT2D eigenvalue weighted by Crippen LogP contribution is 2.30. The highest BCUT2D eigenvalue weighted by Gasteiger charge is 2.31. The molecule has 0 bridgehead atoms. The fraction of sp³-hybridized carbons (Fsp3) is 0.167. The summed E-state index contributed by atoms with van der Waals surface area (Å²) in [6.45, 7) is 5.24. The lowest BCUT2D eigenvalue weighted by Crippen LogP contribution is -2.31. The summed E-state index contributed by atoms with van der Waals surface area (Å²) in [7, 11) is -4.28. The number of nitro groups is 1. The summed E-state index contributed by atoms with van der Waals surface area (Å²) in [5.41, 5.74) is -0.201. The van der Waals surface area contributed by atoms with Gasteiger partial charge in [-0.15, -0.1) is 6.58 Å². The summed E-state index contributed by atoms with van der Waals surface area (Å²) in [5.74, 6) is -0.596. The summed E-state index contributed by atoms with van der Waals surface area (Å²) < 4.78 is 32.1. The largest absolute Gasteiger partial charge is 0.462 e. The second kappa shape index (κ2) is 8.45. The van der Waals surface area contributed by atoms with Crippen molar-refractivity contribution in [2.45, 2.75) is 11.8 Å². The van der Waals surface area contributed by atoms with Crippen molar-refractivity contribution in [2.24, 2.45) is 0 Å². The molecule has 0 saturated heterocycles. The van der Waals surface area contributed by atoms with Gasteiger partial charge in [-0.2, -0.15) is 0 Å². The maximum atomic E-state index is 13.1. The predicted molar refractivity (Wildman–Crippen MR) is 100 cm³/mol. The van der Waals surface area contributed by atoms with Gasteiger partial charge < -0.3 is 4.74 Å². The van der Waals surface area contributed by atoms with Gasteiger partial charge in [-0.25, -0.2) is 13.2 Å². The first-order valence-electron chi connectivity index (χ1n) is 7.97. The lowest BCUT2D eigenvalue weighted by atomic mass is 10.2. The number of para-hydroxylation sites is 1. The van der Waals surface area contributed by atoms with E-state index in [0.29, 0.717) is 0 Å². The summed E-state index contributed by atoms with van der Waals surface area (Å²) in [4.78, 5) is 22.0. The maximum absolute atomic E-state index is 13.1. The van der Waals surface area contributed by atoms with Crippen molar-refractivity contribution in [3.63, 3.8) is 0 Å². The van der Waals surface area contributed by atoms with E-state index in [9.17, 15) is 23.3 Å². The van der Waals surface area contributed by atoms with Gasteiger partial charge in [0.25, 0.3) is 15.7 Å². The molecule has 142 valence electrons. The first-order valence-corrected chi connectivity index (χ1v) is 9.41. The molecule has 0 aliphatic carbocycles. The molecule has 2 aromatic carbocycles. The molecule has 0 heterocycles. The van der Waals surface area contributed by atoms with Gasteiger partial charge in [0, 0.05) is 6.07 Å². The van der Waals surface area contributed by atoms with Crippen LogP contribution in [0.2, 0.25) is 0 Å². The number of esters is 1. The van der Waals surface area contributed by atoms with Crippen molar-refractivity contribution in [3.05, 3.63) is 76.9 Å². The van der Waals surface area contributed by atoms with Crippen LogP contribution < -0.4 is 4.31 Å². The highest BCUT2D eigenvalue weighted by molar-refractivity contribution is 7.93. The van der Waals surface area contributed by atoms with E-state index in [-0.39, 0.29) is 24.4 Å². The second-order valence-electron chi connectivity index (χ2n) is 5.32. The van der Waals surface area contributed by atoms with Gasteiger partial charge in [0.1, 0.15) is 0 Å². The molecule has 2 aromatic rings. The normalized spacial score (nSPS) is 10.9. The number of hydrogen-bond acceptors (Lipinski definition) is 6. The van der Waals surface area contributed by atoms with Crippen LogP contribution in [0.3, 0.4) is 0 Å². The van der Waals surface area contributed by atoms with E-state index >= 15 is 0 Å². The predicted octanol–water partition coefficient (Wildman–Crippen LogP) is 3.15. The lowest BCUT2D eigenvalue weighted by molar-refractivity contribution is -0.387. The van der Waals surface area contributed by atoms with Gasteiger partial charge in [-0.3, -0.25) is 14.4 Å². The van der Waals surface area contributed by atoms with Crippen LogP contribution >= 0.6 is 0 Å². The number of nitro benzene ring substituents is 1. The van der Waals surface area contributed by atoms with E-state index in [1.807, 2.05) is 0 Å². The van der Waals surface area contributed by atoms with Crippen LogP contribution in [0.25, 0.3) is 0 Å². The van der Waals surface area contributed by atoms with Gasteiger partial charge in [0.15, 0.2) is 4.90 Å². The summed E-state index contributed by atoms with van der Waals surface area (Å²) in [5, 5.41) is 11.2. The average molecular weight is 390 g/mol. The zero-order valence-corrected chi connectivity index (χ0v) is 15.4. The van der Waals surface area contributed by atoms with Gasteiger partial charge in [-0.05, 0) is 31.2 Å². The van der Waals surface area contributed by atoms with Crippen LogP contribution in [0.4, 0.5) is 11.4 Å². The van der Waals surface area contributed by atoms with Crippen LogP contribution in [0.5, 0.6) is 0 Å². The number of ether oxygens (including phenoxy) is 1. The molecule has 0 N–H and O–H groups in total. The molecule has 0 aromatic heterocycles. The molecule has 27 heavy (non-hydrogen) atoms. The highest BCUT2D eigenvalue weighted by atomic mass is 32.2. The monoisotopic (exact) mass is 390 g/mol.